The summed E-state index contributed by atoms with van der Waals surface area (Å²) < 4.78 is 5.47. The van der Waals surface area contributed by atoms with Gasteiger partial charge in [0.2, 0.25) is 5.91 Å². The van der Waals surface area contributed by atoms with Gasteiger partial charge in [-0.3, -0.25) is 9.69 Å². The number of carbonyl (C=O) groups is 1. The molecule has 2 aliphatic carbocycles. The lowest BCUT2D eigenvalue weighted by atomic mass is 9.73. The maximum Gasteiger partial charge on any atom is 0.222 e. The zero-order valence-corrected chi connectivity index (χ0v) is 15.0. The van der Waals surface area contributed by atoms with E-state index in [1.165, 1.54) is 32.1 Å². The topological polar surface area (TPSA) is 61.8 Å². The molecule has 1 aliphatic heterocycles. The molecule has 0 atom stereocenters. The molecule has 0 aromatic heterocycles. The van der Waals surface area contributed by atoms with Gasteiger partial charge in [-0.2, -0.15) is 0 Å². The molecule has 0 bridgehead atoms. The molecule has 3 rings (SSSR count). The predicted octanol–water partition coefficient (Wildman–Crippen LogP) is 2.08. The van der Waals surface area contributed by atoms with Crippen molar-refractivity contribution >= 4 is 5.91 Å². The summed E-state index contributed by atoms with van der Waals surface area (Å²) in [4.78, 5) is 14.9. The molecular weight excluding hydrogens is 304 g/mol. The SMILES string of the molecule is O=C(CC1(O)CCCC1)NCC1(CN2CCOCC2)CCCCC1. The van der Waals surface area contributed by atoms with Crippen LogP contribution in [-0.2, 0) is 9.53 Å². The highest BCUT2D eigenvalue weighted by atomic mass is 16.5. The third-order valence-electron chi connectivity index (χ3n) is 6.26. The lowest BCUT2D eigenvalue weighted by Gasteiger charge is -2.42. The standard InChI is InChI=1S/C19H34N2O3/c22-17(14-19(23)8-4-5-9-19)20-15-18(6-2-1-3-7-18)16-21-10-12-24-13-11-21/h23H,1-16H2,(H,20,22). The van der Waals surface area contributed by atoms with Crippen molar-refractivity contribution in [1.82, 2.24) is 10.2 Å². The summed E-state index contributed by atoms with van der Waals surface area (Å²) in [6.45, 7) is 5.51. The number of carbonyl (C=O) groups excluding carboxylic acids is 1. The average Bonchev–Trinajstić information content (AvgIpc) is 3.01. The number of morpholine rings is 1. The molecule has 2 N–H and O–H groups in total. The van der Waals surface area contributed by atoms with Gasteiger partial charge in [-0.1, -0.05) is 32.1 Å². The van der Waals surface area contributed by atoms with Gasteiger partial charge in [0.15, 0.2) is 0 Å². The average molecular weight is 338 g/mol. The molecule has 0 aromatic carbocycles. The summed E-state index contributed by atoms with van der Waals surface area (Å²) in [5.41, 5.74) is -0.530. The molecule has 1 heterocycles. The number of amides is 1. The molecule has 1 amide bonds. The van der Waals surface area contributed by atoms with Crippen LogP contribution in [0.4, 0.5) is 0 Å². The van der Waals surface area contributed by atoms with E-state index in [2.05, 4.69) is 10.2 Å². The Balaban J connectivity index is 1.52. The first-order valence-electron chi connectivity index (χ1n) is 9.89. The van der Waals surface area contributed by atoms with Crippen molar-refractivity contribution in [2.75, 3.05) is 39.4 Å². The minimum absolute atomic E-state index is 0.0336. The van der Waals surface area contributed by atoms with E-state index in [-0.39, 0.29) is 17.7 Å². The van der Waals surface area contributed by atoms with Crippen LogP contribution < -0.4 is 5.32 Å². The first-order chi connectivity index (χ1) is 11.6. The van der Waals surface area contributed by atoms with Crippen molar-refractivity contribution in [3.8, 4) is 0 Å². The maximum atomic E-state index is 12.4. The Morgan fingerprint density at radius 1 is 1.00 bits per heavy atom. The Labute approximate surface area is 146 Å². The zero-order valence-electron chi connectivity index (χ0n) is 15.0. The third kappa shape index (κ3) is 4.93. The summed E-state index contributed by atoms with van der Waals surface area (Å²) in [6, 6.07) is 0. The predicted molar refractivity (Wildman–Crippen MR) is 93.8 cm³/mol. The fourth-order valence-corrected chi connectivity index (χ4v) is 4.78. The minimum atomic E-state index is -0.742. The second kappa shape index (κ2) is 8.15. The minimum Gasteiger partial charge on any atom is -0.389 e. The van der Waals surface area contributed by atoms with E-state index in [0.717, 1.165) is 65.1 Å². The van der Waals surface area contributed by atoms with Crippen LogP contribution in [0.15, 0.2) is 0 Å². The molecule has 24 heavy (non-hydrogen) atoms. The van der Waals surface area contributed by atoms with Crippen LogP contribution in [0, 0.1) is 5.41 Å². The largest absolute Gasteiger partial charge is 0.389 e. The molecule has 0 aromatic rings. The highest BCUT2D eigenvalue weighted by Gasteiger charge is 2.37. The van der Waals surface area contributed by atoms with E-state index in [1.54, 1.807) is 0 Å². The van der Waals surface area contributed by atoms with Gasteiger partial charge in [0.25, 0.3) is 0 Å². The van der Waals surface area contributed by atoms with Gasteiger partial charge >= 0.3 is 0 Å². The summed E-state index contributed by atoms with van der Waals surface area (Å²) in [6.07, 6.45) is 10.2. The number of hydrogen-bond acceptors (Lipinski definition) is 4. The van der Waals surface area contributed by atoms with Crippen LogP contribution in [-0.4, -0.2) is 60.9 Å². The molecule has 0 unspecified atom stereocenters. The normalized spacial score (nSPS) is 27.0. The van der Waals surface area contributed by atoms with Crippen molar-refractivity contribution < 1.29 is 14.6 Å². The number of ether oxygens (including phenoxy) is 1. The lowest BCUT2D eigenvalue weighted by Crippen LogP contribution is -2.50. The number of nitrogens with one attached hydrogen (secondary N) is 1. The van der Waals surface area contributed by atoms with E-state index < -0.39 is 5.60 Å². The molecule has 2 saturated carbocycles. The van der Waals surface area contributed by atoms with Crippen LogP contribution in [0.3, 0.4) is 0 Å². The summed E-state index contributed by atoms with van der Waals surface area (Å²) in [5.74, 6) is 0.0336. The van der Waals surface area contributed by atoms with E-state index in [1.807, 2.05) is 0 Å². The zero-order chi connectivity index (χ0) is 16.9. The quantitative estimate of drug-likeness (QED) is 0.778. The molecular formula is C19H34N2O3. The van der Waals surface area contributed by atoms with Gasteiger partial charge in [-0.05, 0) is 25.7 Å². The number of hydrogen-bond donors (Lipinski definition) is 2. The third-order valence-corrected chi connectivity index (χ3v) is 6.26. The summed E-state index contributed by atoms with van der Waals surface area (Å²) in [5, 5.41) is 13.6. The fraction of sp³-hybridized carbons (Fsp3) is 0.947. The molecule has 1 saturated heterocycles. The van der Waals surface area contributed by atoms with Crippen molar-refractivity contribution in [2.45, 2.75) is 69.8 Å². The maximum absolute atomic E-state index is 12.4. The van der Waals surface area contributed by atoms with Crippen LogP contribution in [0.5, 0.6) is 0 Å². The van der Waals surface area contributed by atoms with Crippen LogP contribution in [0.2, 0.25) is 0 Å². The van der Waals surface area contributed by atoms with E-state index in [4.69, 9.17) is 4.74 Å². The highest BCUT2D eigenvalue weighted by molar-refractivity contribution is 5.77. The summed E-state index contributed by atoms with van der Waals surface area (Å²) >= 11 is 0. The molecule has 3 aliphatic rings. The van der Waals surface area contributed by atoms with Gasteiger partial charge in [0.1, 0.15) is 0 Å². The first kappa shape index (κ1) is 18.2. The van der Waals surface area contributed by atoms with Crippen molar-refractivity contribution in [3.05, 3.63) is 0 Å². The fourth-order valence-electron chi connectivity index (χ4n) is 4.78. The smallest absolute Gasteiger partial charge is 0.222 e. The van der Waals surface area contributed by atoms with E-state index in [0.29, 0.717) is 0 Å². The number of nitrogens with zero attached hydrogens (tertiary/aromatic N) is 1. The molecule has 0 radical (unpaired) electrons. The van der Waals surface area contributed by atoms with Gasteiger partial charge < -0.3 is 15.2 Å². The molecule has 138 valence electrons. The van der Waals surface area contributed by atoms with Crippen molar-refractivity contribution in [2.24, 2.45) is 5.41 Å². The first-order valence-corrected chi connectivity index (χ1v) is 9.89. The molecule has 3 fully saturated rings. The van der Waals surface area contributed by atoms with Gasteiger partial charge in [-0.25, -0.2) is 0 Å². The Kier molecular flexibility index (Phi) is 6.17. The van der Waals surface area contributed by atoms with Crippen molar-refractivity contribution in [3.63, 3.8) is 0 Å². The Hall–Kier alpha value is -0.650. The number of aliphatic hydroxyl groups is 1. The second-order valence-electron chi connectivity index (χ2n) is 8.33. The lowest BCUT2D eigenvalue weighted by molar-refractivity contribution is -0.126. The Morgan fingerprint density at radius 3 is 2.29 bits per heavy atom. The highest BCUT2D eigenvalue weighted by Crippen LogP contribution is 2.37. The monoisotopic (exact) mass is 338 g/mol. The van der Waals surface area contributed by atoms with Gasteiger partial charge in [0.05, 0.1) is 25.2 Å². The number of rotatable bonds is 6. The van der Waals surface area contributed by atoms with E-state index >= 15 is 0 Å². The van der Waals surface area contributed by atoms with Gasteiger partial charge in [0, 0.05) is 31.6 Å². The van der Waals surface area contributed by atoms with Crippen LogP contribution in [0.1, 0.15) is 64.2 Å². The van der Waals surface area contributed by atoms with Crippen LogP contribution >= 0.6 is 0 Å². The van der Waals surface area contributed by atoms with Gasteiger partial charge in [-0.15, -0.1) is 0 Å². The van der Waals surface area contributed by atoms with Crippen molar-refractivity contribution in [1.29, 1.82) is 0 Å². The Morgan fingerprint density at radius 2 is 1.62 bits per heavy atom. The molecule has 0 spiro atoms. The molecule has 5 nitrogen and oxygen atoms in total. The Bertz CT molecular complexity index is 409. The van der Waals surface area contributed by atoms with Crippen LogP contribution in [0.25, 0.3) is 0 Å². The second-order valence-corrected chi connectivity index (χ2v) is 8.33. The molecule has 5 heteroatoms. The summed E-state index contributed by atoms with van der Waals surface area (Å²) in [7, 11) is 0. The van der Waals surface area contributed by atoms with E-state index in [9.17, 15) is 9.90 Å².